The predicted molar refractivity (Wildman–Crippen MR) is 99.6 cm³/mol. The van der Waals surface area contributed by atoms with E-state index in [-0.39, 0.29) is 29.9 Å². The van der Waals surface area contributed by atoms with Gasteiger partial charge in [0.05, 0.1) is 29.8 Å². The fourth-order valence-corrected chi connectivity index (χ4v) is 3.51. The highest BCUT2D eigenvalue weighted by atomic mass is 79.9. The summed E-state index contributed by atoms with van der Waals surface area (Å²) in [6.07, 6.45) is 2.85. The highest BCUT2D eigenvalue weighted by molar-refractivity contribution is 9.10. The highest BCUT2D eigenvalue weighted by Crippen LogP contribution is 2.19. The summed E-state index contributed by atoms with van der Waals surface area (Å²) >= 11 is 3.34. The summed E-state index contributed by atoms with van der Waals surface area (Å²) in [5.41, 5.74) is 0.325. The van der Waals surface area contributed by atoms with Crippen LogP contribution in [0.4, 0.5) is 0 Å². The Kier molecular flexibility index (Phi) is 5.70. The van der Waals surface area contributed by atoms with Crippen molar-refractivity contribution < 1.29 is 14.3 Å². The van der Waals surface area contributed by atoms with Crippen molar-refractivity contribution in [3.8, 4) is 0 Å². The zero-order chi connectivity index (χ0) is 18.7. The van der Waals surface area contributed by atoms with Gasteiger partial charge in [-0.05, 0) is 38.0 Å². The monoisotopic (exact) mass is 421 g/mol. The van der Waals surface area contributed by atoms with Crippen molar-refractivity contribution in [2.75, 3.05) is 19.7 Å². The molecular weight excluding hydrogens is 402 g/mol. The number of esters is 1. The van der Waals surface area contributed by atoms with Crippen molar-refractivity contribution in [3.63, 3.8) is 0 Å². The number of piperidine rings is 1. The first-order valence-electron chi connectivity index (χ1n) is 8.58. The van der Waals surface area contributed by atoms with Crippen molar-refractivity contribution in [2.24, 2.45) is 5.92 Å². The second-order valence-corrected chi connectivity index (χ2v) is 7.19. The average Bonchev–Trinajstić information content (AvgIpc) is 2.64. The number of likely N-dealkylation sites (tertiary alicyclic amines) is 1. The van der Waals surface area contributed by atoms with Crippen molar-refractivity contribution in [3.05, 3.63) is 39.4 Å². The largest absolute Gasteiger partial charge is 0.466 e. The van der Waals surface area contributed by atoms with E-state index in [0.717, 1.165) is 10.9 Å². The minimum atomic E-state index is -0.296. The van der Waals surface area contributed by atoms with Gasteiger partial charge in [-0.3, -0.25) is 19.0 Å². The van der Waals surface area contributed by atoms with E-state index in [9.17, 15) is 14.4 Å². The lowest BCUT2D eigenvalue weighted by molar-refractivity contribution is -0.151. The van der Waals surface area contributed by atoms with E-state index in [2.05, 4.69) is 20.9 Å². The zero-order valence-electron chi connectivity index (χ0n) is 14.5. The number of carbonyl (C=O) groups is 2. The molecule has 1 aliphatic heterocycles. The molecule has 0 aliphatic carbocycles. The molecule has 7 nitrogen and oxygen atoms in total. The maximum atomic E-state index is 12.6. The molecule has 0 bridgehead atoms. The molecule has 1 aromatic carbocycles. The molecular formula is C18H20BrN3O4. The average molecular weight is 422 g/mol. The van der Waals surface area contributed by atoms with Crippen LogP contribution in [-0.4, -0.2) is 46.0 Å². The van der Waals surface area contributed by atoms with Gasteiger partial charge in [-0.25, -0.2) is 4.98 Å². The molecule has 3 rings (SSSR count). The van der Waals surface area contributed by atoms with Gasteiger partial charge in [-0.1, -0.05) is 15.9 Å². The SMILES string of the molecule is CCOC(=O)[C@H]1CCCN(C(=O)Cn2cnc3ccc(Br)cc3c2=O)C1. The zero-order valence-corrected chi connectivity index (χ0v) is 16.1. The summed E-state index contributed by atoms with van der Waals surface area (Å²) in [5, 5.41) is 0.456. The molecule has 0 radical (unpaired) electrons. The Bertz CT molecular complexity index is 896. The van der Waals surface area contributed by atoms with Gasteiger partial charge in [0.1, 0.15) is 6.54 Å². The number of ether oxygens (including phenoxy) is 1. The third kappa shape index (κ3) is 3.95. The number of hydrogen-bond donors (Lipinski definition) is 0. The van der Waals surface area contributed by atoms with Gasteiger partial charge in [0.15, 0.2) is 0 Å². The van der Waals surface area contributed by atoms with E-state index >= 15 is 0 Å². The Morgan fingerprint density at radius 1 is 1.38 bits per heavy atom. The molecule has 0 spiro atoms. The molecule has 2 heterocycles. The quantitative estimate of drug-likeness (QED) is 0.704. The van der Waals surface area contributed by atoms with E-state index in [1.807, 2.05) is 6.07 Å². The van der Waals surface area contributed by atoms with E-state index in [1.54, 1.807) is 24.0 Å². The van der Waals surface area contributed by atoms with Crippen LogP contribution in [0, 0.1) is 5.92 Å². The molecule has 0 N–H and O–H groups in total. The Balaban J connectivity index is 1.75. The number of nitrogens with zero attached hydrogens (tertiary/aromatic N) is 3. The molecule has 1 aliphatic rings. The van der Waals surface area contributed by atoms with E-state index < -0.39 is 0 Å². The normalized spacial score (nSPS) is 17.3. The summed E-state index contributed by atoms with van der Waals surface area (Å²) in [6.45, 7) is 2.91. The van der Waals surface area contributed by atoms with Gasteiger partial charge < -0.3 is 9.64 Å². The summed E-state index contributed by atoms with van der Waals surface area (Å²) in [7, 11) is 0. The molecule has 0 unspecified atom stereocenters. The molecule has 138 valence electrons. The van der Waals surface area contributed by atoms with E-state index in [1.165, 1.54) is 10.9 Å². The molecule has 2 aromatic rings. The topological polar surface area (TPSA) is 81.5 Å². The standard InChI is InChI=1S/C18H20BrN3O4/c1-2-26-18(25)12-4-3-7-21(9-12)16(23)10-22-11-20-15-6-5-13(19)8-14(15)17(22)24/h5-6,8,11-12H,2-4,7,9-10H2,1H3/t12-/m0/s1. The molecule has 1 amide bonds. The summed E-state index contributed by atoms with van der Waals surface area (Å²) in [4.78, 5) is 43.0. The first kappa shape index (κ1) is 18.6. The number of carbonyl (C=O) groups excluding carboxylic acids is 2. The Labute approximate surface area is 159 Å². The van der Waals surface area contributed by atoms with Gasteiger partial charge in [-0.2, -0.15) is 0 Å². The van der Waals surface area contributed by atoms with Crippen LogP contribution < -0.4 is 5.56 Å². The van der Waals surface area contributed by atoms with Crippen molar-refractivity contribution in [2.45, 2.75) is 26.3 Å². The first-order chi connectivity index (χ1) is 12.5. The molecule has 0 saturated carbocycles. The number of benzene rings is 1. The molecule has 1 saturated heterocycles. The van der Waals surface area contributed by atoms with Crippen LogP contribution in [0.2, 0.25) is 0 Å². The maximum absolute atomic E-state index is 12.6. The van der Waals surface area contributed by atoms with Crippen LogP contribution in [0.15, 0.2) is 33.8 Å². The molecule has 26 heavy (non-hydrogen) atoms. The number of fused-ring (bicyclic) bond motifs is 1. The third-order valence-electron chi connectivity index (χ3n) is 4.49. The van der Waals surface area contributed by atoms with E-state index in [4.69, 9.17) is 4.74 Å². The predicted octanol–water partition coefficient (Wildman–Crippen LogP) is 1.96. The molecule has 8 heteroatoms. The van der Waals surface area contributed by atoms with Crippen LogP contribution >= 0.6 is 15.9 Å². The highest BCUT2D eigenvalue weighted by Gasteiger charge is 2.29. The van der Waals surface area contributed by atoms with Gasteiger partial charge in [0.2, 0.25) is 5.91 Å². The number of aromatic nitrogens is 2. The van der Waals surface area contributed by atoms with Crippen LogP contribution in [0.3, 0.4) is 0 Å². The number of rotatable bonds is 4. The maximum Gasteiger partial charge on any atom is 0.310 e. The smallest absolute Gasteiger partial charge is 0.310 e. The fourth-order valence-electron chi connectivity index (χ4n) is 3.15. The minimum absolute atomic E-state index is 0.0934. The third-order valence-corrected chi connectivity index (χ3v) is 4.98. The number of hydrogen-bond acceptors (Lipinski definition) is 5. The Morgan fingerprint density at radius 3 is 2.96 bits per heavy atom. The lowest BCUT2D eigenvalue weighted by Gasteiger charge is -2.31. The summed E-state index contributed by atoms with van der Waals surface area (Å²) < 4.78 is 7.15. The van der Waals surface area contributed by atoms with Crippen molar-refractivity contribution in [1.82, 2.24) is 14.5 Å². The fraction of sp³-hybridized carbons (Fsp3) is 0.444. The van der Waals surface area contributed by atoms with Crippen LogP contribution in [0.1, 0.15) is 19.8 Å². The van der Waals surface area contributed by atoms with Crippen LogP contribution in [-0.2, 0) is 20.9 Å². The van der Waals surface area contributed by atoms with Gasteiger partial charge >= 0.3 is 5.97 Å². The van der Waals surface area contributed by atoms with Crippen LogP contribution in [0.25, 0.3) is 10.9 Å². The minimum Gasteiger partial charge on any atom is -0.466 e. The first-order valence-corrected chi connectivity index (χ1v) is 9.38. The van der Waals surface area contributed by atoms with E-state index in [0.29, 0.717) is 37.0 Å². The lowest BCUT2D eigenvalue weighted by Crippen LogP contribution is -2.45. The summed E-state index contributed by atoms with van der Waals surface area (Å²) in [6, 6.07) is 5.26. The lowest BCUT2D eigenvalue weighted by atomic mass is 9.98. The summed E-state index contributed by atoms with van der Waals surface area (Å²) in [5.74, 6) is -0.758. The second-order valence-electron chi connectivity index (χ2n) is 6.27. The Hall–Kier alpha value is -2.22. The van der Waals surface area contributed by atoms with Crippen molar-refractivity contribution in [1.29, 1.82) is 0 Å². The number of amides is 1. The molecule has 1 atom stereocenters. The second kappa shape index (κ2) is 7.99. The van der Waals surface area contributed by atoms with Crippen molar-refractivity contribution >= 4 is 38.7 Å². The van der Waals surface area contributed by atoms with Gasteiger partial charge in [0, 0.05) is 17.6 Å². The number of halogens is 1. The van der Waals surface area contributed by atoms with Gasteiger partial charge in [0.25, 0.3) is 5.56 Å². The van der Waals surface area contributed by atoms with Crippen LogP contribution in [0.5, 0.6) is 0 Å². The van der Waals surface area contributed by atoms with Gasteiger partial charge in [-0.15, -0.1) is 0 Å². The molecule has 1 fully saturated rings. The molecule has 1 aromatic heterocycles. The Morgan fingerprint density at radius 2 is 2.19 bits per heavy atom.